The van der Waals surface area contributed by atoms with Crippen molar-refractivity contribution in [3.8, 4) is 56.4 Å². The first kappa shape index (κ1) is 35.8. The van der Waals surface area contributed by atoms with Crippen LogP contribution in [0.25, 0.3) is 143 Å². The predicted molar refractivity (Wildman–Crippen MR) is 271 cm³/mol. The molecule has 4 heteroatoms. The maximum Gasteiger partial charge on any atom is 0.164 e. The van der Waals surface area contributed by atoms with Gasteiger partial charge in [0.15, 0.2) is 17.5 Å². The van der Waals surface area contributed by atoms with Crippen molar-refractivity contribution in [2.24, 2.45) is 0 Å². The molecule has 0 atom stereocenters. The van der Waals surface area contributed by atoms with E-state index in [1.807, 2.05) is 60.7 Å². The molecule has 65 heavy (non-hydrogen) atoms. The van der Waals surface area contributed by atoms with Gasteiger partial charge in [-0.25, -0.2) is 15.0 Å². The zero-order valence-electron chi connectivity index (χ0n) is 35.0. The minimum absolute atomic E-state index is 0.598. The molecular formula is C61H35N3O. The van der Waals surface area contributed by atoms with E-state index < -0.39 is 0 Å². The summed E-state index contributed by atoms with van der Waals surface area (Å²) in [6.07, 6.45) is 0. The van der Waals surface area contributed by atoms with Crippen LogP contribution in [0.5, 0.6) is 0 Å². The molecule has 2 aromatic heterocycles. The van der Waals surface area contributed by atoms with Gasteiger partial charge in [-0.15, -0.1) is 0 Å². The molecular weight excluding hydrogens is 791 g/mol. The Hall–Kier alpha value is -8.73. The van der Waals surface area contributed by atoms with E-state index in [2.05, 4.69) is 152 Å². The van der Waals surface area contributed by atoms with E-state index in [4.69, 9.17) is 19.4 Å². The molecule has 2 heterocycles. The summed E-state index contributed by atoms with van der Waals surface area (Å²) < 4.78 is 6.28. The first-order chi connectivity index (χ1) is 32.2. The van der Waals surface area contributed by atoms with Crippen LogP contribution in [0.15, 0.2) is 217 Å². The predicted octanol–water partition coefficient (Wildman–Crippen LogP) is 16.5. The Morgan fingerprint density at radius 2 is 0.708 bits per heavy atom. The van der Waals surface area contributed by atoms with Gasteiger partial charge in [0.2, 0.25) is 0 Å². The van der Waals surface area contributed by atoms with Crippen molar-refractivity contribution in [1.82, 2.24) is 15.0 Å². The van der Waals surface area contributed by atoms with Gasteiger partial charge in [-0.1, -0.05) is 176 Å². The lowest BCUT2D eigenvalue weighted by molar-refractivity contribution is 0.669. The van der Waals surface area contributed by atoms with Gasteiger partial charge in [-0.2, -0.15) is 0 Å². The average Bonchev–Trinajstić information content (AvgIpc) is 3.76. The SMILES string of the molecule is c1ccc(-c2nc(-c3cccc(-c4cccc(-c5cc6ccc7cccc8c9cccc%10ccc%11cccc(c(c5)c6c78)c%11c%109)c4)c3)nc(-c3cccc4oc5ccccc5c34)n2)cc1. The Bertz CT molecular complexity index is 4240. The molecule has 0 saturated heterocycles. The third-order valence-corrected chi connectivity index (χ3v) is 13.4. The minimum atomic E-state index is 0.598. The Morgan fingerprint density at radius 1 is 0.246 bits per heavy atom. The topological polar surface area (TPSA) is 51.8 Å². The molecule has 0 fully saturated rings. The summed E-state index contributed by atoms with van der Waals surface area (Å²) in [4.78, 5) is 15.4. The summed E-state index contributed by atoms with van der Waals surface area (Å²) in [5, 5.41) is 17.3. The monoisotopic (exact) mass is 825 g/mol. The lowest BCUT2D eigenvalue weighted by Crippen LogP contribution is -2.00. The van der Waals surface area contributed by atoms with Crippen LogP contribution in [-0.2, 0) is 0 Å². The standard InChI is InChI=1S/C61H35N3O/c1-2-12-39(13-3-1)59-62-60(64-61(63-59)50-25-11-27-53-58(50)49-21-4-5-26-52(49)65-53)44-20-7-18-41(33-44)40-17-6-19-42(32-40)45-34-43-31-30-38-15-9-23-47-46-22-8-14-36-28-29-37-16-10-24-48(56(37)54(36)46)51(35-45)57(43)55(38)47/h1-35H. The molecule has 12 aromatic carbocycles. The van der Waals surface area contributed by atoms with E-state index in [-0.39, 0.29) is 0 Å². The van der Waals surface area contributed by atoms with Crippen molar-refractivity contribution >= 4 is 86.6 Å². The van der Waals surface area contributed by atoms with Crippen LogP contribution in [0.3, 0.4) is 0 Å². The Balaban J connectivity index is 0.944. The highest BCUT2D eigenvalue weighted by Crippen LogP contribution is 2.45. The summed E-state index contributed by atoms with van der Waals surface area (Å²) in [7, 11) is 0. The van der Waals surface area contributed by atoms with Gasteiger partial charge < -0.3 is 4.42 Å². The number of nitrogens with zero attached hydrogens (tertiary/aromatic N) is 3. The van der Waals surface area contributed by atoms with E-state index >= 15 is 0 Å². The van der Waals surface area contributed by atoms with E-state index in [0.717, 1.165) is 55.3 Å². The molecule has 0 saturated carbocycles. The number of rotatable bonds is 5. The maximum absolute atomic E-state index is 6.28. The molecule has 0 N–H and O–H groups in total. The van der Waals surface area contributed by atoms with Gasteiger partial charge >= 0.3 is 0 Å². The van der Waals surface area contributed by atoms with Gasteiger partial charge in [0.05, 0.1) is 0 Å². The zero-order valence-corrected chi connectivity index (χ0v) is 35.0. The van der Waals surface area contributed by atoms with E-state index in [9.17, 15) is 0 Å². The number of furan rings is 1. The molecule has 0 unspecified atom stereocenters. The van der Waals surface area contributed by atoms with Crippen molar-refractivity contribution in [3.05, 3.63) is 212 Å². The average molecular weight is 826 g/mol. The van der Waals surface area contributed by atoms with Gasteiger partial charge in [-0.3, -0.25) is 0 Å². The van der Waals surface area contributed by atoms with Gasteiger partial charge in [0, 0.05) is 27.5 Å². The third kappa shape index (κ3) is 5.54. The largest absolute Gasteiger partial charge is 0.456 e. The Labute approximate surface area is 373 Å². The number of hydrogen-bond donors (Lipinski definition) is 0. The number of aromatic nitrogens is 3. The molecule has 0 spiro atoms. The molecule has 0 aliphatic rings. The van der Waals surface area contributed by atoms with Crippen LogP contribution in [-0.4, -0.2) is 15.0 Å². The number of fused-ring (bicyclic) bond motifs is 5. The van der Waals surface area contributed by atoms with E-state index in [0.29, 0.717) is 17.5 Å². The Kier molecular flexibility index (Phi) is 7.65. The highest BCUT2D eigenvalue weighted by Gasteiger charge is 2.20. The second-order valence-electron chi connectivity index (χ2n) is 17.1. The van der Waals surface area contributed by atoms with Crippen LogP contribution < -0.4 is 0 Å². The smallest absolute Gasteiger partial charge is 0.164 e. The molecule has 0 bridgehead atoms. The minimum Gasteiger partial charge on any atom is -0.456 e. The molecule has 0 aliphatic carbocycles. The molecule has 4 nitrogen and oxygen atoms in total. The van der Waals surface area contributed by atoms with Crippen LogP contribution in [0, 0.1) is 0 Å². The fourth-order valence-electron chi connectivity index (χ4n) is 10.5. The quantitative estimate of drug-likeness (QED) is 0.162. The highest BCUT2D eigenvalue weighted by atomic mass is 16.3. The molecule has 14 rings (SSSR count). The lowest BCUT2D eigenvalue weighted by Gasteiger charge is -2.17. The summed E-state index contributed by atoms with van der Waals surface area (Å²) >= 11 is 0. The second kappa shape index (κ2) is 13.9. The molecule has 14 aromatic rings. The number of para-hydroxylation sites is 1. The second-order valence-corrected chi connectivity index (χ2v) is 17.1. The van der Waals surface area contributed by atoms with Crippen molar-refractivity contribution in [3.63, 3.8) is 0 Å². The van der Waals surface area contributed by atoms with Crippen molar-refractivity contribution in [2.45, 2.75) is 0 Å². The lowest BCUT2D eigenvalue weighted by atomic mass is 9.86. The van der Waals surface area contributed by atoms with Crippen molar-refractivity contribution in [2.75, 3.05) is 0 Å². The molecule has 0 aliphatic heterocycles. The summed E-state index contributed by atoms with van der Waals surface area (Å²) in [6.45, 7) is 0. The zero-order chi connectivity index (χ0) is 42.6. The molecule has 300 valence electrons. The van der Waals surface area contributed by atoms with Gasteiger partial charge in [0.1, 0.15) is 11.2 Å². The van der Waals surface area contributed by atoms with Crippen LogP contribution in [0.4, 0.5) is 0 Å². The summed E-state index contributed by atoms with van der Waals surface area (Å²) in [5.41, 5.74) is 8.89. The van der Waals surface area contributed by atoms with E-state index in [1.54, 1.807) is 0 Å². The first-order valence-electron chi connectivity index (χ1n) is 22.1. The Morgan fingerprint density at radius 3 is 1.40 bits per heavy atom. The molecule has 0 amide bonds. The van der Waals surface area contributed by atoms with Crippen LogP contribution in [0.1, 0.15) is 0 Å². The number of benzene rings is 11. The van der Waals surface area contributed by atoms with E-state index in [1.165, 1.54) is 70.2 Å². The normalized spacial score (nSPS) is 12.0. The summed E-state index contributed by atoms with van der Waals surface area (Å²) in [5.74, 6) is 1.82. The first-order valence-corrected chi connectivity index (χ1v) is 22.1. The maximum atomic E-state index is 6.28. The fourth-order valence-corrected chi connectivity index (χ4v) is 10.5. The van der Waals surface area contributed by atoms with Gasteiger partial charge in [-0.05, 0) is 123 Å². The van der Waals surface area contributed by atoms with Crippen LogP contribution in [0.2, 0.25) is 0 Å². The van der Waals surface area contributed by atoms with Crippen molar-refractivity contribution in [1.29, 1.82) is 0 Å². The fraction of sp³-hybridized carbons (Fsp3) is 0. The highest BCUT2D eigenvalue weighted by molar-refractivity contribution is 6.37. The molecule has 0 radical (unpaired) electrons. The number of hydrogen-bond acceptors (Lipinski definition) is 4. The summed E-state index contributed by atoms with van der Waals surface area (Å²) in [6, 6.07) is 76.1. The van der Waals surface area contributed by atoms with Crippen LogP contribution >= 0.6 is 0 Å². The van der Waals surface area contributed by atoms with Crippen molar-refractivity contribution < 1.29 is 4.42 Å². The van der Waals surface area contributed by atoms with Gasteiger partial charge in [0.25, 0.3) is 0 Å². The third-order valence-electron chi connectivity index (χ3n) is 13.4.